The van der Waals surface area contributed by atoms with Gasteiger partial charge < -0.3 is 5.11 Å². The van der Waals surface area contributed by atoms with Gasteiger partial charge in [-0.05, 0) is 114 Å². The van der Waals surface area contributed by atoms with Crippen molar-refractivity contribution in [3.63, 3.8) is 0 Å². The summed E-state index contributed by atoms with van der Waals surface area (Å²) >= 11 is 6.88. The third-order valence-electron chi connectivity index (χ3n) is 7.26. The summed E-state index contributed by atoms with van der Waals surface area (Å²) in [6.07, 6.45) is 10.3. The lowest BCUT2D eigenvalue weighted by molar-refractivity contribution is -0.00517. The number of rotatable bonds is 3. The molecule has 1 N–H and O–H groups in total. The largest absolute Gasteiger partial charge is 0.506 e. The molecule has 0 atom stereocenters. The van der Waals surface area contributed by atoms with Crippen molar-refractivity contribution >= 4 is 43.8 Å². The van der Waals surface area contributed by atoms with E-state index in [-0.39, 0.29) is 5.75 Å². The van der Waals surface area contributed by atoms with Gasteiger partial charge in [0.1, 0.15) is 5.75 Å². The summed E-state index contributed by atoms with van der Waals surface area (Å²) in [7, 11) is 0. The summed E-state index contributed by atoms with van der Waals surface area (Å²) in [6, 6.07) is 10.6. The zero-order valence-electron chi connectivity index (χ0n) is 16.1. The molecule has 6 rings (SSSR count). The molecule has 2 aromatic carbocycles. The van der Waals surface area contributed by atoms with Crippen LogP contribution in [-0.2, 0) is 5.41 Å². The van der Waals surface area contributed by atoms with Crippen LogP contribution in [0.25, 0.3) is 0 Å². The van der Waals surface area contributed by atoms with Crippen molar-refractivity contribution in [2.45, 2.75) is 50.9 Å². The molecule has 0 spiro atoms. The van der Waals surface area contributed by atoms with Crippen LogP contribution in [0.3, 0.4) is 0 Å². The number of aliphatic imine (C=N–C) groups is 1. The van der Waals surface area contributed by atoms with E-state index in [1.807, 2.05) is 12.1 Å². The Morgan fingerprint density at radius 2 is 1.64 bits per heavy atom. The zero-order valence-corrected chi connectivity index (χ0v) is 19.3. The van der Waals surface area contributed by atoms with E-state index < -0.39 is 0 Å². The van der Waals surface area contributed by atoms with Crippen molar-refractivity contribution in [3.8, 4) is 5.75 Å². The van der Waals surface area contributed by atoms with Crippen molar-refractivity contribution in [1.29, 1.82) is 0 Å². The minimum absolute atomic E-state index is 0.224. The van der Waals surface area contributed by atoms with Crippen LogP contribution in [0.1, 0.15) is 55.2 Å². The summed E-state index contributed by atoms with van der Waals surface area (Å²) in [5, 5.41) is 10.3. The van der Waals surface area contributed by atoms with Crippen molar-refractivity contribution in [1.82, 2.24) is 0 Å². The normalized spacial score (nSPS) is 31.0. The van der Waals surface area contributed by atoms with E-state index in [0.29, 0.717) is 15.5 Å². The highest BCUT2D eigenvalue weighted by Crippen LogP contribution is 2.61. The predicted molar refractivity (Wildman–Crippen MR) is 122 cm³/mol. The van der Waals surface area contributed by atoms with E-state index in [0.717, 1.165) is 27.9 Å². The average Bonchev–Trinajstić information content (AvgIpc) is 2.63. The molecule has 0 saturated heterocycles. The van der Waals surface area contributed by atoms with Gasteiger partial charge in [-0.25, -0.2) is 0 Å². The van der Waals surface area contributed by atoms with Crippen LogP contribution in [0.4, 0.5) is 5.69 Å². The summed E-state index contributed by atoms with van der Waals surface area (Å²) in [4.78, 5) is 4.78. The predicted octanol–water partition coefficient (Wildman–Crippen LogP) is 7.44. The highest BCUT2D eigenvalue weighted by atomic mass is 79.9. The quantitative estimate of drug-likeness (QED) is 0.434. The molecule has 4 saturated carbocycles. The van der Waals surface area contributed by atoms with Gasteiger partial charge in [0.25, 0.3) is 0 Å². The van der Waals surface area contributed by atoms with Gasteiger partial charge in [0.05, 0.1) is 10.2 Å². The van der Waals surface area contributed by atoms with Gasteiger partial charge in [0.2, 0.25) is 0 Å². The Balaban J connectivity index is 1.49. The highest BCUT2D eigenvalue weighted by molar-refractivity contribution is 9.11. The van der Waals surface area contributed by atoms with Gasteiger partial charge in [-0.15, -0.1) is 0 Å². The Labute approximate surface area is 183 Å². The number of phenols is 1. The molecule has 4 aliphatic carbocycles. The van der Waals surface area contributed by atoms with Crippen molar-refractivity contribution in [3.05, 3.63) is 56.0 Å². The van der Waals surface area contributed by atoms with Crippen LogP contribution in [0.15, 0.2) is 44.3 Å². The smallest absolute Gasteiger partial charge is 0.138 e. The minimum Gasteiger partial charge on any atom is -0.506 e. The molecule has 0 aliphatic heterocycles. The number of hydrogen-bond donors (Lipinski definition) is 1. The second kappa shape index (κ2) is 6.98. The lowest BCUT2D eigenvalue weighted by Crippen LogP contribution is -2.48. The van der Waals surface area contributed by atoms with Crippen molar-refractivity contribution < 1.29 is 5.11 Å². The average molecular weight is 503 g/mol. The second-order valence-corrected chi connectivity index (χ2v) is 11.1. The van der Waals surface area contributed by atoms with Gasteiger partial charge in [0, 0.05) is 16.3 Å². The third-order valence-corrected chi connectivity index (χ3v) is 8.32. The molecule has 2 nitrogen and oxygen atoms in total. The van der Waals surface area contributed by atoms with E-state index in [1.54, 1.807) is 6.21 Å². The summed E-state index contributed by atoms with van der Waals surface area (Å²) in [5.74, 6) is 3.04. The monoisotopic (exact) mass is 501 g/mol. The number of hydrogen-bond acceptors (Lipinski definition) is 2. The summed E-state index contributed by atoms with van der Waals surface area (Å²) < 4.78 is 1.58. The molecular weight excluding hydrogens is 478 g/mol. The molecule has 4 fully saturated rings. The topological polar surface area (TPSA) is 32.6 Å². The van der Waals surface area contributed by atoms with Gasteiger partial charge in [-0.3, -0.25) is 4.99 Å². The number of nitrogens with zero attached hydrogens (tertiary/aromatic N) is 1. The minimum atomic E-state index is 0.224. The number of phenolic OH excluding ortho intramolecular Hbond substituents is 1. The molecule has 0 aromatic heterocycles. The molecule has 2 aromatic rings. The Morgan fingerprint density at radius 3 is 2.29 bits per heavy atom. The van der Waals surface area contributed by atoms with E-state index in [9.17, 15) is 5.11 Å². The van der Waals surface area contributed by atoms with Crippen LogP contribution >= 0.6 is 31.9 Å². The van der Waals surface area contributed by atoms with Gasteiger partial charge in [-0.2, -0.15) is 0 Å². The highest BCUT2D eigenvalue weighted by Gasteiger charge is 2.51. The molecule has 0 heterocycles. The van der Waals surface area contributed by atoms with Crippen molar-refractivity contribution in [2.75, 3.05) is 0 Å². The zero-order chi connectivity index (χ0) is 19.5. The molecule has 28 heavy (non-hydrogen) atoms. The van der Waals surface area contributed by atoms with Gasteiger partial charge in [0.15, 0.2) is 0 Å². The summed E-state index contributed by atoms with van der Waals surface area (Å²) in [6.45, 7) is 2.12. The summed E-state index contributed by atoms with van der Waals surface area (Å²) in [5.41, 5.74) is 4.78. The molecule has 0 unspecified atom stereocenters. The number of halogens is 2. The molecule has 0 radical (unpaired) electrons. The fraction of sp³-hybridized carbons (Fsp3) is 0.458. The standard InChI is InChI=1S/C24H25Br2NO/c1-14-2-3-19(24-10-15-4-16(11-24)6-17(5-15)12-24)8-22(14)27-13-18-7-20(25)9-21(26)23(18)28/h2-3,7-9,13,15-17,28H,4-6,10-12H2,1H3. The maximum Gasteiger partial charge on any atom is 0.138 e. The SMILES string of the molecule is Cc1ccc(C23CC4CC(CC(C4)C2)C3)cc1N=Cc1cc(Br)cc(Br)c1O. The number of benzene rings is 2. The first kappa shape index (κ1) is 18.9. The van der Waals surface area contributed by atoms with E-state index in [1.165, 1.54) is 49.7 Å². The fourth-order valence-electron chi connectivity index (χ4n) is 6.37. The van der Waals surface area contributed by atoms with Crippen LogP contribution < -0.4 is 0 Å². The first-order valence-electron chi connectivity index (χ1n) is 10.2. The molecule has 4 heteroatoms. The first-order chi connectivity index (χ1) is 13.4. The Morgan fingerprint density at radius 1 is 1.00 bits per heavy atom. The maximum absolute atomic E-state index is 10.3. The van der Waals surface area contributed by atoms with Crippen LogP contribution in [0.5, 0.6) is 5.75 Å². The molecule has 146 valence electrons. The van der Waals surface area contributed by atoms with Crippen LogP contribution in [0.2, 0.25) is 0 Å². The fourth-order valence-corrected chi connectivity index (χ4v) is 7.62. The molecule has 4 bridgehead atoms. The van der Waals surface area contributed by atoms with E-state index in [4.69, 9.17) is 4.99 Å². The van der Waals surface area contributed by atoms with Gasteiger partial charge >= 0.3 is 0 Å². The first-order valence-corrected chi connectivity index (χ1v) is 11.8. The Kier molecular flexibility index (Phi) is 4.71. The van der Waals surface area contributed by atoms with Gasteiger partial charge in [-0.1, -0.05) is 28.1 Å². The number of aryl methyl sites for hydroxylation is 1. The molecule has 4 aliphatic rings. The Bertz CT molecular complexity index is 930. The maximum atomic E-state index is 10.3. The lowest BCUT2D eigenvalue weighted by atomic mass is 9.48. The number of aromatic hydroxyl groups is 1. The second-order valence-electron chi connectivity index (χ2n) is 9.28. The van der Waals surface area contributed by atoms with Crippen LogP contribution in [0, 0.1) is 24.7 Å². The molecule has 0 amide bonds. The van der Waals surface area contributed by atoms with Crippen molar-refractivity contribution in [2.24, 2.45) is 22.7 Å². The lowest BCUT2D eigenvalue weighted by Gasteiger charge is -2.57. The Hall–Kier alpha value is -1.13. The molecular formula is C24H25Br2NO. The van der Waals surface area contributed by atoms with E-state index >= 15 is 0 Å². The third kappa shape index (κ3) is 3.27. The van der Waals surface area contributed by atoms with E-state index in [2.05, 4.69) is 57.0 Å². The van der Waals surface area contributed by atoms with Crippen LogP contribution in [-0.4, -0.2) is 11.3 Å².